The fourth-order valence-electron chi connectivity index (χ4n) is 2.19. The molecule has 112 valence electrons. The monoisotopic (exact) mass is 288 g/mol. The highest BCUT2D eigenvalue weighted by Crippen LogP contribution is 2.21. The van der Waals surface area contributed by atoms with Crippen LogP contribution >= 0.6 is 0 Å². The van der Waals surface area contributed by atoms with Crippen molar-refractivity contribution in [1.29, 1.82) is 0 Å². The number of carbonyl (C=O) groups is 1. The van der Waals surface area contributed by atoms with Gasteiger partial charge >= 0.3 is 5.97 Å². The summed E-state index contributed by atoms with van der Waals surface area (Å²) >= 11 is 0. The predicted octanol–water partition coefficient (Wildman–Crippen LogP) is 2.47. The number of carboxylic acids is 1. The highest BCUT2D eigenvalue weighted by molar-refractivity contribution is 5.79. The maximum atomic E-state index is 11.5. The third-order valence-electron chi connectivity index (χ3n) is 3.32. The molecule has 0 bridgehead atoms. The van der Waals surface area contributed by atoms with Crippen molar-refractivity contribution in [2.24, 2.45) is 0 Å². The van der Waals surface area contributed by atoms with Crippen molar-refractivity contribution in [3.05, 3.63) is 41.7 Å². The van der Waals surface area contributed by atoms with Gasteiger partial charge in [0.2, 0.25) is 0 Å². The van der Waals surface area contributed by atoms with Gasteiger partial charge in [-0.3, -0.25) is 4.79 Å². The third kappa shape index (κ3) is 4.11. The number of hydrogen-bond acceptors (Lipinski definition) is 4. The van der Waals surface area contributed by atoms with Crippen molar-refractivity contribution in [1.82, 2.24) is 20.2 Å². The Morgan fingerprint density at radius 1 is 1.24 bits per heavy atom. The van der Waals surface area contributed by atoms with Gasteiger partial charge in [0, 0.05) is 0 Å². The van der Waals surface area contributed by atoms with E-state index in [0.717, 1.165) is 12.8 Å². The van der Waals surface area contributed by atoms with Crippen molar-refractivity contribution in [3.63, 3.8) is 0 Å². The molecule has 2 aromatic rings. The molecule has 21 heavy (non-hydrogen) atoms. The van der Waals surface area contributed by atoms with Crippen LogP contribution in [0.3, 0.4) is 0 Å². The van der Waals surface area contributed by atoms with Gasteiger partial charge in [0.05, 0.1) is 6.54 Å². The van der Waals surface area contributed by atoms with Gasteiger partial charge in [0.15, 0.2) is 5.82 Å². The molecule has 6 nitrogen and oxygen atoms in total. The first-order chi connectivity index (χ1) is 10.2. The molecule has 1 aromatic carbocycles. The first kappa shape index (κ1) is 15.2. The van der Waals surface area contributed by atoms with E-state index in [-0.39, 0.29) is 5.82 Å². The molecule has 0 saturated heterocycles. The molecule has 0 radical (unpaired) electrons. The van der Waals surface area contributed by atoms with Crippen LogP contribution in [0.15, 0.2) is 30.3 Å². The van der Waals surface area contributed by atoms with Gasteiger partial charge < -0.3 is 5.11 Å². The molecule has 1 N–H and O–H groups in total. The van der Waals surface area contributed by atoms with E-state index < -0.39 is 11.9 Å². The molecule has 0 aliphatic heterocycles. The number of aliphatic carboxylic acids is 1. The quantitative estimate of drug-likeness (QED) is 0.755. The molecule has 1 unspecified atom stereocenters. The molecule has 1 aromatic heterocycles. The second-order valence-corrected chi connectivity index (χ2v) is 4.99. The van der Waals surface area contributed by atoms with Crippen molar-refractivity contribution < 1.29 is 9.90 Å². The van der Waals surface area contributed by atoms with E-state index in [4.69, 9.17) is 0 Å². The first-order valence-electron chi connectivity index (χ1n) is 7.27. The molecule has 2 rings (SSSR count). The van der Waals surface area contributed by atoms with E-state index in [1.165, 1.54) is 17.6 Å². The van der Waals surface area contributed by atoms with Gasteiger partial charge in [0.25, 0.3) is 0 Å². The molecule has 0 saturated carbocycles. The molecule has 6 heteroatoms. The van der Waals surface area contributed by atoms with Crippen LogP contribution in [0.4, 0.5) is 0 Å². The number of tetrazole rings is 1. The van der Waals surface area contributed by atoms with Crippen LogP contribution in [0.5, 0.6) is 0 Å². The Kier molecular flexibility index (Phi) is 5.43. The summed E-state index contributed by atoms with van der Waals surface area (Å²) in [5, 5.41) is 21.5. The lowest BCUT2D eigenvalue weighted by Crippen LogP contribution is -2.15. The summed E-state index contributed by atoms with van der Waals surface area (Å²) in [6, 6.07) is 8.99. The minimum Gasteiger partial charge on any atom is -0.480 e. The largest absolute Gasteiger partial charge is 0.480 e. The average Bonchev–Trinajstić information content (AvgIpc) is 2.93. The van der Waals surface area contributed by atoms with E-state index >= 15 is 0 Å². The number of unbranched alkanes of at least 4 members (excludes halogenated alkanes) is 3. The maximum absolute atomic E-state index is 11.5. The molecular formula is C15H20N4O2. The summed E-state index contributed by atoms with van der Waals surface area (Å²) in [5.74, 6) is -1.59. The Morgan fingerprint density at radius 2 is 2.00 bits per heavy atom. The lowest BCUT2D eigenvalue weighted by Gasteiger charge is -2.07. The van der Waals surface area contributed by atoms with Crippen LogP contribution in [0.25, 0.3) is 0 Å². The van der Waals surface area contributed by atoms with Crippen LogP contribution in [0, 0.1) is 0 Å². The SMILES string of the molecule is CCCCCCn1nnc(C(C(=O)O)c2ccccc2)n1. The number of carboxylic acid groups (broad SMARTS) is 1. The van der Waals surface area contributed by atoms with E-state index in [1.807, 2.05) is 6.07 Å². The lowest BCUT2D eigenvalue weighted by atomic mass is 9.99. The minimum absolute atomic E-state index is 0.240. The molecular weight excluding hydrogens is 268 g/mol. The Hall–Kier alpha value is -2.24. The summed E-state index contributed by atoms with van der Waals surface area (Å²) < 4.78 is 0. The lowest BCUT2D eigenvalue weighted by molar-refractivity contribution is -0.137. The predicted molar refractivity (Wildman–Crippen MR) is 77.9 cm³/mol. The van der Waals surface area contributed by atoms with E-state index in [1.54, 1.807) is 24.3 Å². The van der Waals surface area contributed by atoms with Crippen LogP contribution < -0.4 is 0 Å². The zero-order valence-corrected chi connectivity index (χ0v) is 12.1. The minimum atomic E-state index is -0.966. The maximum Gasteiger partial charge on any atom is 0.318 e. The number of hydrogen-bond donors (Lipinski definition) is 1. The molecule has 0 spiro atoms. The van der Waals surface area contributed by atoms with E-state index in [0.29, 0.717) is 12.1 Å². The highest BCUT2D eigenvalue weighted by Gasteiger charge is 2.26. The molecule has 1 heterocycles. The number of benzene rings is 1. The summed E-state index contributed by atoms with van der Waals surface area (Å²) in [5.41, 5.74) is 0.663. The molecule has 0 aliphatic carbocycles. The zero-order chi connectivity index (χ0) is 15.1. The summed E-state index contributed by atoms with van der Waals surface area (Å²) in [4.78, 5) is 13.0. The Bertz CT molecular complexity index is 568. The smallest absolute Gasteiger partial charge is 0.318 e. The van der Waals surface area contributed by atoms with Crippen molar-refractivity contribution >= 4 is 5.97 Å². The zero-order valence-electron chi connectivity index (χ0n) is 12.1. The Balaban J connectivity index is 2.08. The molecule has 1 atom stereocenters. The third-order valence-corrected chi connectivity index (χ3v) is 3.32. The van der Waals surface area contributed by atoms with Crippen LogP contribution in [-0.4, -0.2) is 31.3 Å². The average molecular weight is 288 g/mol. The first-order valence-corrected chi connectivity index (χ1v) is 7.27. The number of aryl methyl sites for hydroxylation is 1. The van der Waals surface area contributed by atoms with Gasteiger partial charge in [0.1, 0.15) is 5.92 Å². The topological polar surface area (TPSA) is 80.9 Å². The number of aromatic nitrogens is 4. The van der Waals surface area contributed by atoms with Crippen LogP contribution in [0.1, 0.15) is 49.9 Å². The summed E-state index contributed by atoms with van der Waals surface area (Å²) in [7, 11) is 0. The fraction of sp³-hybridized carbons (Fsp3) is 0.467. The molecule has 0 aliphatic rings. The molecule has 0 fully saturated rings. The second kappa shape index (κ2) is 7.52. The fourth-order valence-corrected chi connectivity index (χ4v) is 2.19. The summed E-state index contributed by atoms with van der Waals surface area (Å²) in [6.45, 7) is 2.83. The standard InChI is InChI=1S/C15H20N4O2/c1-2-3-4-8-11-19-17-14(16-18-19)13(15(20)21)12-9-6-5-7-10-12/h5-7,9-10,13H,2-4,8,11H2,1H3,(H,20,21). The van der Waals surface area contributed by atoms with Crippen molar-refractivity contribution in [2.45, 2.75) is 45.1 Å². The van der Waals surface area contributed by atoms with Gasteiger partial charge in [-0.15, -0.1) is 10.2 Å². The van der Waals surface area contributed by atoms with Gasteiger partial charge in [-0.05, 0) is 17.2 Å². The van der Waals surface area contributed by atoms with Crippen molar-refractivity contribution in [3.8, 4) is 0 Å². The second-order valence-electron chi connectivity index (χ2n) is 4.99. The number of nitrogens with zero attached hydrogens (tertiary/aromatic N) is 4. The van der Waals surface area contributed by atoms with Gasteiger partial charge in [-0.2, -0.15) is 4.80 Å². The van der Waals surface area contributed by atoms with E-state index in [2.05, 4.69) is 22.3 Å². The Morgan fingerprint density at radius 3 is 2.67 bits per heavy atom. The normalized spacial score (nSPS) is 12.2. The summed E-state index contributed by atoms with van der Waals surface area (Å²) in [6.07, 6.45) is 4.45. The van der Waals surface area contributed by atoms with Crippen LogP contribution in [-0.2, 0) is 11.3 Å². The van der Waals surface area contributed by atoms with E-state index in [9.17, 15) is 9.90 Å². The Labute approximate surface area is 123 Å². The van der Waals surface area contributed by atoms with Crippen molar-refractivity contribution in [2.75, 3.05) is 0 Å². The molecule has 0 amide bonds. The number of rotatable bonds is 8. The van der Waals surface area contributed by atoms with Crippen LogP contribution in [0.2, 0.25) is 0 Å². The highest BCUT2D eigenvalue weighted by atomic mass is 16.4. The van der Waals surface area contributed by atoms with Gasteiger partial charge in [-0.1, -0.05) is 56.5 Å². The van der Waals surface area contributed by atoms with Gasteiger partial charge in [-0.25, -0.2) is 0 Å².